The van der Waals surface area contributed by atoms with Crippen molar-refractivity contribution in [3.63, 3.8) is 0 Å². The summed E-state index contributed by atoms with van der Waals surface area (Å²) in [5.41, 5.74) is -0.207. The third-order valence-corrected chi connectivity index (χ3v) is 2.72. The minimum absolute atomic E-state index is 0.0483. The summed E-state index contributed by atoms with van der Waals surface area (Å²) < 4.78 is 39.2. The number of benzene rings is 1. The summed E-state index contributed by atoms with van der Waals surface area (Å²) in [7, 11) is 1.33. The Morgan fingerprint density at radius 2 is 2.00 bits per heavy atom. The number of carbonyl (C=O) groups is 1. The number of aromatic nitrogens is 2. The quantitative estimate of drug-likeness (QED) is 0.904. The van der Waals surface area contributed by atoms with Gasteiger partial charge in [-0.1, -0.05) is 11.6 Å². The fourth-order valence-electron chi connectivity index (χ4n) is 1.65. The van der Waals surface area contributed by atoms with Gasteiger partial charge in [0, 0.05) is 23.8 Å². The summed E-state index contributed by atoms with van der Waals surface area (Å²) in [6.45, 7) is 0. The number of rotatable bonds is 3. The Balaban J connectivity index is 2.06. The summed E-state index contributed by atoms with van der Waals surface area (Å²) >= 11 is 5.64. The molecule has 1 aromatic carbocycles. The van der Waals surface area contributed by atoms with Crippen molar-refractivity contribution >= 4 is 29.1 Å². The Bertz CT molecular complexity index is 654. The summed E-state index contributed by atoms with van der Waals surface area (Å²) in [5.74, 6) is -0.663. The first-order chi connectivity index (χ1) is 9.85. The van der Waals surface area contributed by atoms with Crippen LogP contribution in [0.25, 0.3) is 0 Å². The molecule has 9 heteroatoms. The molecule has 2 amide bonds. The van der Waals surface area contributed by atoms with E-state index in [9.17, 15) is 18.0 Å². The Labute approximate surface area is 122 Å². The van der Waals surface area contributed by atoms with E-state index in [1.54, 1.807) is 0 Å². The number of nitrogens with zero attached hydrogens (tertiary/aromatic N) is 2. The van der Waals surface area contributed by atoms with Gasteiger partial charge in [0.1, 0.15) is 11.5 Å². The standard InChI is InChI=1S/C12H10ClF3N4O/c1-20-9(11(15)16)5-10(19-20)18-12(21)17-8-3-6(13)2-7(14)4-8/h2-5,11H,1H3,(H2,17,18,19,21). The highest BCUT2D eigenvalue weighted by molar-refractivity contribution is 6.30. The van der Waals surface area contributed by atoms with Crippen molar-refractivity contribution in [1.82, 2.24) is 9.78 Å². The zero-order chi connectivity index (χ0) is 15.6. The Hall–Kier alpha value is -2.22. The van der Waals surface area contributed by atoms with E-state index in [1.165, 1.54) is 13.1 Å². The lowest BCUT2D eigenvalue weighted by Crippen LogP contribution is -2.19. The zero-order valence-corrected chi connectivity index (χ0v) is 11.5. The third kappa shape index (κ3) is 3.88. The number of hydrogen-bond acceptors (Lipinski definition) is 2. The van der Waals surface area contributed by atoms with Crippen LogP contribution < -0.4 is 10.6 Å². The molecule has 1 heterocycles. The van der Waals surface area contributed by atoms with Gasteiger partial charge in [-0.05, 0) is 18.2 Å². The predicted molar refractivity (Wildman–Crippen MR) is 72.2 cm³/mol. The van der Waals surface area contributed by atoms with Crippen molar-refractivity contribution < 1.29 is 18.0 Å². The normalized spacial score (nSPS) is 10.8. The summed E-state index contributed by atoms with van der Waals surface area (Å²) in [6, 6.07) is 3.78. The average molecular weight is 319 g/mol. The molecule has 0 saturated carbocycles. The van der Waals surface area contributed by atoms with Crippen molar-refractivity contribution in [2.45, 2.75) is 6.43 Å². The van der Waals surface area contributed by atoms with Crippen molar-refractivity contribution in [3.05, 3.63) is 40.8 Å². The number of anilines is 2. The minimum atomic E-state index is -2.71. The van der Waals surface area contributed by atoms with Crippen LogP contribution in [0.4, 0.5) is 29.5 Å². The highest BCUT2D eigenvalue weighted by Gasteiger charge is 2.15. The van der Waals surface area contributed by atoms with E-state index in [2.05, 4.69) is 15.7 Å². The minimum Gasteiger partial charge on any atom is -0.308 e. The molecule has 0 unspecified atom stereocenters. The SMILES string of the molecule is Cn1nc(NC(=O)Nc2cc(F)cc(Cl)c2)cc1C(F)F. The van der Waals surface area contributed by atoms with Crippen molar-refractivity contribution in [1.29, 1.82) is 0 Å². The average Bonchev–Trinajstić information content (AvgIpc) is 2.68. The predicted octanol–water partition coefficient (Wildman–Crippen LogP) is 3.79. The van der Waals surface area contributed by atoms with Crippen LogP contribution in [-0.4, -0.2) is 15.8 Å². The van der Waals surface area contributed by atoms with Gasteiger partial charge in [0.15, 0.2) is 5.82 Å². The molecule has 2 N–H and O–H groups in total. The number of amides is 2. The van der Waals surface area contributed by atoms with Gasteiger partial charge >= 0.3 is 6.03 Å². The zero-order valence-electron chi connectivity index (χ0n) is 10.7. The number of alkyl halides is 2. The second-order valence-corrected chi connectivity index (χ2v) is 4.55. The number of halogens is 4. The van der Waals surface area contributed by atoms with E-state index < -0.39 is 18.3 Å². The Morgan fingerprint density at radius 1 is 1.29 bits per heavy atom. The van der Waals surface area contributed by atoms with Crippen LogP contribution in [0.15, 0.2) is 24.3 Å². The molecule has 0 aliphatic carbocycles. The fraction of sp³-hybridized carbons (Fsp3) is 0.167. The van der Waals surface area contributed by atoms with E-state index in [0.717, 1.165) is 22.9 Å². The van der Waals surface area contributed by atoms with Crippen LogP contribution in [0.2, 0.25) is 5.02 Å². The van der Waals surface area contributed by atoms with Gasteiger partial charge in [0.2, 0.25) is 0 Å². The lowest BCUT2D eigenvalue weighted by Gasteiger charge is -2.06. The van der Waals surface area contributed by atoms with E-state index in [4.69, 9.17) is 11.6 Å². The summed E-state index contributed by atoms with van der Waals surface area (Å²) in [5, 5.41) is 8.41. The topological polar surface area (TPSA) is 59.0 Å². The number of hydrogen-bond donors (Lipinski definition) is 2. The van der Waals surface area contributed by atoms with Crippen LogP contribution in [0, 0.1) is 5.82 Å². The molecule has 21 heavy (non-hydrogen) atoms. The fourth-order valence-corrected chi connectivity index (χ4v) is 1.87. The van der Waals surface area contributed by atoms with Gasteiger partial charge in [-0.3, -0.25) is 10.00 Å². The molecule has 0 radical (unpaired) electrons. The smallest absolute Gasteiger partial charge is 0.308 e. The molecule has 0 aliphatic rings. The molecule has 0 spiro atoms. The monoisotopic (exact) mass is 318 g/mol. The van der Waals surface area contributed by atoms with Crippen molar-refractivity contribution in [2.75, 3.05) is 10.6 Å². The molecular weight excluding hydrogens is 309 g/mol. The third-order valence-electron chi connectivity index (χ3n) is 2.50. The molecule has 0 aliphatic heterocycles. The summed E-state index contributed by atoms with van der Waals surface area (Å²) in [6.07, 6.45) is -2.71. The molecule has 1 aromatic heterocycles. The highest BCUT2D eigenvalue weighted by atomic mass is 35.5. The Morgan fingerprint density at radius 3 is 2.57 bits per heavy atom. The van der Waals surface area contributed by atoms with Crippen LogP contribution >= 0.6 is 11.6 Å². The first-order valence-electron chi connectivity index (χ1n) is 5.71. The molecule has 112 valence electrons. The second-order valence-electron chi connectivity index (χ2n) is 4.12. The highest BCUT2D eigenvalue weighted by Crippen LogP contribution is 2.21. The van der Waals surface area contributed by atoms with Crippen LogP contribution in [0.3, 0.4) is 0 Å². The second kappa shape index (κ2) is 6.04. The molecule has 0 atom stereocenters. The number of urea groups is 1. The van der Waals surface area contributed by atoms with Crippen molar-refractivity contribution in [3.8, 4) is 0 Å². The molecule has 0 saturated heterocycles. The molecule has 0 bridgehead atoms. The Kier molecular flexibility index (Phi) is 4.37. The summed E-state index contributed by atoms with van der Waals surface area (Å²) in [4.78, 5) is 11.7. The van der Waals surface area contributed by atoms with Crippen molar-refractivity contribution in [2.24, 2.45) is 7.05 Å². The van der Waals surface area contributed by atoms with Crippen LogP contribution in [-0.2, 0) is 7.05 Å². The molecule has 2 aromatic rings. The van der Waals surface area contributed by atoms with E-state index in [-0.39, 0.29) is 22.2 Å². The maximum atomic E-state index is 13.1. The lowest BCUT2D eigenvalue weighted by atomic mass is 10.3. The van der Waals surface area contributed by atoms with Gasteiger partial charge in [-0.2, -0.15) is 5.10 Å². The number of aryl methyl sites for hydroxylation is 1. The largest absolute Gasteiger partial charge is 0.324 e. The lowest BCUT2D eigenvalue weighted by molar-refractivity contribution is 0.141. The van der Waals surface area contributed by atoms with E-state index >= 15 is 0 Å². The first kappa shape index (κ1) is 15.2. The molecule has 0 fully saturated rings. The van der Waals surface area contributed by atoms with Gasteiger partial charge < -0.3 is 5.32 Å². The number of carbonyl (C=O) groups excluding carboxylic acids is 1. The van der Waals surface area contributed by atoms with Gasteiger partial charge in [-0.25, -0.2) is 18.0 Å². The first-order valence-corrected chi connectivity index (χ1v) is 6.09. The molecule has 2 rings (SSSR count). The van der Waals surface area contributed by atoms with E-state index in [0.29, 0.717) is 0 Å². The maximum Gasteiger partial charge on any atom is 0.324 e. The number of nitrogens with one attached hydrogen (secondary N) is 2. The van der Waals surface area contributed by atoms with Crippen LogP contribution in [0.1, 0.15) is 12.1 Å². The van der Waals surface area contributed by atoms with Gasteiger partial charge in [0.25, 0.3) is 6.43 Å². The van der Waals surface area contributed by atoms with Gasteiger partial charge in [0.05, 0.1) is 0 Å². The van der Waals surface area contributed by atoms with Gasteiger partial charge in [-0.15, -0.1) is 0 Å². The molecular formula is C12H10ClF3N4O. The molecule has 5 nitrogen and oxygen atoms in total. The van der Waals surface area contributed by atoms with Crippen LogP contribution in [0.5, 0.6) is 0 Å². The maximum absolute atomic E-state index is 13.1. The van der Waals surface area contributed by atoms with E-state index in [1.807, 2.05) is 0 Å².